The number of fused-ring (bicyclic) bond motifs is 1. The molecule has 1 fully saturated rings. The van der Waals surface area contributed by atoms with E-state index in [0.29, 0.717) is 11.3 Å². The first-order valence-corrected chi connectivity index (χ1v) is 15.4. The zero-order valence-corrected chi connectivity index (χ0v) is 26.6. The molecule has 43 heavy (non-hydrogen) atoms. The Labute approximate surface area is 255 Å². The van der Waals surface area contributed by atoms with Gasteiger partial charge in [0.1, 0.15) is 17.7 Å². The molecule has 0 spiro atoms. The molecule has 0 aliphatic carbocycles. The molecule has 3 aromatic rings. The van der Waals surface area contributed by atoms with E-state index in [4.69, 9.17) is 14.5 Å². The summed E-state index contributed by atoms with van der Waals surface area (Å²) in [7, 11) is 0. The molecule has 5 rings (SSSR count). The Balaban J connectivity index is 1.56. The summed E-state index contributed by atoms with van der Waals surface area (Å²) in [5, 5.41) is 10.4. The second kappa shape index (κ2) is 11.9. The maximum atomic E-state index is 13.4. The van der Waals surface area contributed by atoms with Crippen LogP contribution < -0.4 is 9.64 Å². The van der Waals surface area contributed by atoms with E-state index in [2.05, 4.69) is 30.9 Å². The number of hydrogen-bond donors (Lipinski definition) is 1. The largest absolute Gasteiger partial charge is 0.490 e. The minimum atomic E-state index is -1.15. The molecule has 1 saturated heterocycles. The van der Waals surface area contributed by atoms with E-state index in [1.54, 1.807) is 0 Å². The van der Waals surface area contributed by atoms with Crippen molar-refractivity contribution < 1.29 is 23.8 Å². The van der Waals surface area contributed by atoms with Crippen LogP contribution in [0.2, 0.25) is 0 Å². The molecule has 0 radical (unpaired) electrons. The number of carboxylic acid groups (broad SMARTS) is 1. The summed E-state index contributed by atoms with van der Waals surface area (Å²) in [5.74, 6) is -0.387. The molecule has 2 aliphatic rings. The molecule has 1 N–H and O–H groups in total. The van der Waals surface area contributed by atoms with Crippen molar-refractivity contribution in [3.05, 3.63) is 76.4 Å². The van der Waals surface area contributed by atoms with Crippen molar-refractivity contribution in [2.75, 3.05) is 18.0 Å². The minimum Gasteiger partial charge on any atom is -0.490 e. The van der Waals surface area contributed by atoms with Crippen LogP contribution in [0.4, 0.5) is 10.1 Å². The van der Waals surface area contributed by atoms with Gasteiger partial charge in [-0.2, -0.15) is 0 Å². The van der Waals surface area contributed by atoms with Gasteiger partial charge in [-0.3, -0.25) is 4.98 Å². The second-order valence-electron chi connectivity index (χ2n) is 14.0. The summed E-state index contributed by atoms with van der Waals surface area (Å²) in [6.45, 7) is 15.8. The Hall–Kier alpha value is -3.45. The highest BCUT2D eigenvalue weighted by Crippen LogP contribution is 2.46. The van der Waals surface area contributed by atoms with E-state index in [0.717, 1.165) is 84.6 Å². The van der Waals surface area contributed by atoms with E-state index in [1.165, 1.54) is 12.1 Å². The van der Waals surface area contributed by atoms with Gasteiger partial charge in [0, 0.05) is 42.0 Å². The lowest BCUT2D eigenvalue weighted by atomic mass is 9.81. The topological polar surface area (TPSA) is 71.9 Å². The Morgan fingerprint density at radius 3 is 2.42 bits per heavy atom. The van der Waals surface area contributed by atoms with E-state index in [-0.39, 0.29) is 17.3 Å². The fourth-order valence-electron chi connectivity index (χ4n) is 6.38. The number of pyridine rings is 1. The summed E-state index contributed by atoms with van der Waals surface area (Å²) >= 11 is 0. The number of aromatic nitrogens is 1. The van der Waals surface area contributed by atoms with Crippen LogP contribution in [0.15, 0.2) is 42.5 Å². The molecule has 2 aromatic carbocycles. The molecule has 2 atom stereocenters. The fraction of sp³-hybridized carbons (Fsp3) is 0.500. The van der Waals surface area contributed by atoms with Gasteiger partial charge in [-0.1, -0.05) is 32.0 Å². The number of benzene rings is 2. The van der Waals surface area contributed by atoms with Crippen molar-refractivity contribution in [3.8, 4) is 16.9 Å². The first-order chi connectivity index (χ1) is 20.2. The number of aryl methyl sites for hydroxylation is 3. The molecule has 2 aliphatic heterocycles. The number of rotatable bonds is 7. The van der Waals surface area contributed by atoms with Crippen LogP contribution in [0, 0.1) is 25.1 Å². The molecule has 3 heterocycles. The van der Waals surface area contributed by atoms with E-state index in [9.17, 15) is 14.3 Å². The molecule has 1 unspecified atom stereocenters. The van der Waals surface area contributed by atoms with E-state index >= 15 is 0 Å². The van der Waals surface area contributed by atoms with Gasteiger partial charge in [0.05, 0.1) is 11.3 Å². The molecule has 7 heteroatoms. The predicted octanol–water partition coefficient (Wildman–Crippen LogP) is 8.01. The lowest BCUT2D eigenvalue weighted by Gasteiger charge is -2.41. The van der Waals surface area contributed by atoms with Crippen LogP contribution >= 0.6 is 0 Å². The summed E-state index contributed by atoms with van der Waals surface area (Å²) in [6, 6.07) is 12.9. The zero-order chi connectivity index (χ0) is 31.1. The van der Waals surface area contributed by atoms with Crippen LogP contribution in [-0.4, -0.2) is 40.9 Å². The number of halogens is 1. The number of piperidine rings is 1. The van der Waals surface area contributed by atoms with Gasteiger partial charge in [0.2, 0.25) is 0 Å². The summed E-state index contributed by atoms with van der Waals surface area (Å²) < 4.78 is 26.0. The highest BCUT2D eigenvalue weighted by molar-refractivity contribution is 5.88. The SMILES string of the molecule is Cc1nc(C)c(C(OC(C)(C)C)C(=O)O)c(N2CCC(C)(C)CC2)c1-c1ccc2c(c1)CC[C@@H](Cc1ccc(F)cc1)O2. The Kier molecular flexibility index (Phi) is 8.59. The summed E-state index contributed by atoms with van der Waals surface area (Å²) in [5.41, 5.74) is 6.82. The van der Waals surface area contributed by atoms with E-state index in [1.807, 2.05) is 52.8 Å². The monoisotopic (exact) mass is 588 g/mol. The maximum Gasteiger partial charge on any atom is 0.337 e. The second-order valence-corrected chi connectivity index (χ2v) is 14.0. The summed E-state index contributed by atoms with van der Waals surface area (Å²) in [4.78, 5) is 20.0. The lowest BCUT2D eigenvalue weighted by molar-refractivity contribution is -0.160. The first kappa shape index (κ1) is 31.0. The molecule has 0 saturated carbocycles. The number of hydrogen-bond acceptors (Lipinski definition) is 5. The fourth-order valence-corrected chi connectivity index (χ4v) is 6.38. The van der Waals surface area contributed by atoms with Gasteiger partial charge in [-0.25, -0.2) is 9.18 Å². The van der Waals surface area contributed by atoms with Crippen LogP contribution in [-0.2, 0) is 22.4 Å². The predicted molar refractivity (Wildman–Crippen MR) is 168 cm³/mol. The van der Waals surface area contributed by atoms with Crippen LogP contribution in [0.3, 0.4) is 0 Å². The van der Waals surface area contributed by atoms with Crippen LogP contribution in [0.5, 0.6) is 5.75 Å². The third kappa shape index (κ3) is 7.04. The number of carboxylic acids is 1. The Morgan fingerprint density at radius 2 is 1.79 bits per heavy atom. The van der Waals surface area contributed by atoms with Crippen LogP contribution in [0.25, 0.3) is 11.1 Å². The van der Waals surface area contributed by atoms with Crippen molar-refractivity contribution >= 4 is 11.7 Å². The molecule has 6 nitrogen and oxygen atoms in total. The molecular formula is C36H45FN2O4. The maximum absolute atomic E-state index is 13.4. The van der Waals surface area contributed by atoms with Gasteiger partial charge in [-0.15, -0.1) is 0 Å². The number of anilines is 1. The lowest BCUT2D eigenvalue weighted by Crippen LogP contribution is -2.39. The van der Waals surface area contributed by atoms with Gasteiger partial charge in [0.15, 0.2) is 6.10 Å². The molecule has 0 amide bonds. The molecule has 0 bridgehead atoms. The minimum absolute atomic E-state index is 0.0244. The molecule has 1 aromatic heterocycles. The van der Waals surface area contributed by atoms with Gasteiger partial charge < -0.3 is 19.5 Å². The molecule has 230 valence electrons. The average molecular weight is 589 g/mol. The normalized spacial score (nSPS) is 19.0. The third-order valence-corrected chi connectivity index (χ3v) is 8.73. The van der Waals surface area contributed by atoms with E-state index < -0.39 is 17.7 Å². The van der Waals surface area contributed by atoms with Crippen LogP contribution in [0.1, 0.15) is 88.1 Å². The zero-order valence-electron chi connectivity index (χ0n) is 26.6. The Bertz CT molecular complexity index is 1480. The molecular weight excluding hydrogens is 543 g/mol. The summed E-state index contributed by atoms with van der Waals surface area (Å²) in [6.07, 6.45) is 3.35. The number of carbonyl (C=O) groups is 1. The highest BCUT2D eigenvalue weighted by Gasteiger charge is 2.36. The number of nitrogens with zero attached hydrogens (tertiary/aromatic N) is 2. The highest BCUT2D eigenvalue weighted by atomic mass is 19.1. The average Bonchev–Trinajstić information content (AvgIpc) is 2.92. The smallest absolute Gasteiger partial charge is 0.337 e. The van der Waals surface area contributed by atoms with Crippen molar-refractivity contribution in [3.63, 3.8) is 0 Å². The number of ether oxygens (including phenoxy) is 2. The van der Waals surface area contributed by atoms with Gasteiger partial charge >= 0.3 is 5.97 Å². The number of aliphatic carboxylic acids is 1. The van der Waals surface area contributed by atoms with Crippen molar-refractivity contribution in [2.45, 2.75) is 98.4 Å². The van der Waals surface area contributed by atoms with Crippen molar-refractivity contribution in [1.29, 1.82) is 0 Å². The first-order valence-electron chi connectivity index (χ1n) is 15.4. The van der Waals surface area contributed by atoms with Crippen molar-refractivity contribution in [1.82, 2.24) is 4.98 Å². The third-order valence-electron chi connectivity index (χ3n) is 8.73. The van der Waals surface area contributed by atoms with Crippen molar-refractivity contribution in [2.24, 2.45) is 5.41 Å². The quantitative estimate of drug-likeness (QED) is 0.302. The van der Waals surface area contributed by atoms with Gasteiger partial charge in [0.25, 0.3) is 0 Å². The van der Waals surface area contributed by atoms with Gasteiger partial charge in [-0.05, 0) is 107 Å². The Morgan fingerprint density at radius 1 is 1.12 bits per heavy atom. The standard InChI is InChI=1S/C36H45FN2O4/c1-22-30(26-11-15-29-25(21-26)10-14-28(42-29)20-24-8-12-27(37)13-9-24)32(39-18-16-36(6,7)17-19-39)31(23(2)38-22)33(34(40)41)43-35(3,4)5/h8-9,11-13,15,21,28,33H,10,14,16-20H2,1-7H3,(H,40,41)/t28-,33?/m0/s1.